The van der Waals surface area contributed by atoms with Gasteiger partial charge in [0.25, 0.3) is 5.79 Å². The number of unbranched alkanes of at least 4 members (excludes halogenated alkanes) is 29. The van der Waals surface area contributed by atoms with Gasteiger partial charge < -0.3 is 100 Å². The van der Waals surface area contributed by atoms with Gasteiger partial charge in [-0.1, -0.05) is 199 Å². The average molecular weight is 1270 g/mol. The van der Waals surface area contributed by atoms with Crippen molar-refractivity contribution in [2.45, 2.75) is 355 Å². The number of amides is 2. The van der Waals surface area contributed by atoms with Crippen LogP contribution in [0, 0.1) is 0 Å². The average Bonchev–Trinajstić information content (AvgIpc) is 0.810. The number of carboxylic acids is 1. The van der Waals surface area contributed by atoms with Crippen LogP contribution in [-0.2, 0) is 42.8 Å². The van der Waals surface area contributed by atoms with Gasteiger partial charge in [0.1, 0.15) is 67.1 Å². The fourth-order valence-corrected chi connectivity index (χ4v) is 12.0. The Kier molecular flexibility index (Phi) is 42.1. The largest absolute Gasteiger partial charge is 0.477 e. The number of allylic oxidation sites excluding steroid dienone is 2. The van der Waals surface area contributed by atoms with E-state index in [0.717, 1.165) is 84.0 Å². The summed E-state index contributed by atoms with van der Waals surface area (Å²) in [5.41, 5.74) is 0. The zero-order valence-corrected chi connectivity index (χ0v) is 53.6. The molecule has 14 N–H and O–H groups in total. The van der Waals surface area contributed by atoms with E-state index in [1.165, 1.54) is 116 Å². The second kappa shape index (κ2) is 46.5. The van der Waals surface area contributed by atoms with Crippen LogP contribution in [0.5, 0.6) is 0 Å². The minimum absolute atomic E-state index is 0.220. The molecule has 0 aliphatic carbocycles. The van der Waals surface area contributed by atoms with E-state index in [-0.39, 0.29) is 18.9 Å². The maximum absolute atomic E-state index is 13.5. The number of hydrogen-bond donors (Lipinski definition) is 14. The number of hydrogen-bond acceptors (Lipinski definition) is 20. The molecule has 3 rings (SSSR count). The van der Waals surface area contributed by atoms with E-state index in [2.05, 4.69) is 36.6 Å². The lowest BCUT2D eigenvalue weighted by Crippen LogP contribution is -2.70. The van der Waals surface area contributed by atoms with Crippen molar-refractivity contribution in [3.05, 3.63) is 12.2 Å². The molecule has 0 radical (unpaired) electrons. The van der Waals surface area contributed by atoms with Crippen LogP contribution in [0.25, 0.3) is 0 Å². The van der Waals surface area contributed by atoms with Crippen molar-refractivity contribution in [1.82, 2.24) is 10.6 Å². The molecule has 0 aromatic rings. The van der Waals surface area contributed by atoms with Crippen LogP contribution in [0.1, 0.15) is 245 Å². The van der Waals surface area contributed by atoms with E-state index in [4.69, 9.17) is 28.4 Å². The van der Waals surface area contributed by atoms with Gasteiger partial charge in [0.15, 0.2) is 12.6 Å². The predicted octanol–water partition coefficient (Wildman–Crippen LogP) is 5.51. The van der Waals surface area contributed by atoms with E-state index in [1.807, 2.05) is 0 Å². The lowest BCUT2D eigenvalue weighted by molar-refractivity contribution is -0.386. The second-order valence-corrected chi connectivity index (χ2v) is 25.0. The maximum Gasteiger partial charge on any atom is 0.364 e. The molecule has 88 heavy (non-hydrogen) atoms. The molecule has 0 saturated carbocycles. The summed E-state index contributed by atoms with van der Waals surface area (Å²) in [5, 5.41) is 136. The molecule has 0 aromatic heterocycles. The van der Waals surface area contributed by atoms with Crippen LogP contribution in [-0.4, -0.2) is 215 Å². The zero-order valence-electron chi connectivity index (χ0n) is 53.6. The Balaban J connectivity index is 1.61. The fourth-order valence-electron chi connectivity index (χ4n) is 12.0. The molecule has 3 aliphatic heterocycles. The highest BCUT2D eigenvalue weighted by Crippen LogP contribution is 2.39. The Morgan fingerprint density at radius 3 is 1.53 bits per heavy atom. The molecular weight excluding hydrogens is 1140 g/mol. The fraction of sp³-hybridized carbons (Fsp3) is 0.923. The van der Waals surface area contributed by atoms with Crippen LogP contribution in [0.4, 0.5) is 0 Å². The summed E-state index contributed by atoms with van der Waals surface area (Å²) in [4.78, 5) is 38.5. The Bertz CT molecular complexity index is 1840. The van der Waals surface area contributed by atoms with Crippen molar-refractivity contribution in [2.75, 3.05) is 26.4 Å². The minimum Gasteiger partial charge on any atom is -0.477 e. The van der Waals surface area contributed by atoms with Gasteiger partial charge in [-0.25, -0.2) is 4.79 Å². The number of aliphatic hydroxyl groups is 11. The highest BCUT2D eigenvalue weighted by molar-refractivity contribution is 5.77. The SMILES string of the molecule is CCCCCCCCCC/C=C\CCCCCCCCCC(=O)NC(COC1OC(CO)C(OC2OC(CO)C(O)C(OC3(C(=O)O)CC(O)C(NC(C)=O)C(C(O)C(O)CO)O3)C2O)C(O)C1O)C(O)CCCCCCCCCCCCCCCCC. The first-order valence-corrected chi connectivity index (χ1v) is 34.0. The van der Waals surface area contributed by atoms with Gasteiger partial charge >= 0.3 is 5.97 Å². The number of nitrogens with one attached hydrogen (secondary N) is 2. The van der Waals surface area contributed by atoms with Gasteiger partial charge in [-0.3, -0.25) is 9.59 Å². The summed E-state index contributed by atoms with van der Waals surface area (Å²) in [6.07, 6.45) is 13.6. The van der Waals surface area contributed by atoms with Crippen molar-refractivity contribution in [3.63, 3.8) is 0 Å². The number of carbonyl (C=O) groups excluding carboxylic acids is 2. The molecule has 3 saturated heterocycles. The molecule has 516 valence electrons. The smallest absolute Gasteiger partial charge is 0.364 e. The monoisotopic (exact) mass is 1260 g/mol. The topological polar surface area (TPSA) is 373 Å². The molecule has 23 nitrogen and oxygen atoms in total. The quantitative estimate of drug-likeness (QED) is 0.0264. The third kappa shape index (κ3) is 29.2. The van der Waals surface area contributed by atoms with Gasteiger partial charge in [-0.2, -0.15) is 0 Å². The van der Waals surface area contributed by atoms with Crippen LogP contribution in [0.2, 0.25) is 0 Å². The molecule has 3 aliphatic rings. The number of aliphatic hydroxyl groups excluding tert-OH is 11. The third-order valence-electron chi connectivity index (χ3n) is 17.5. The normalized spacial score (nSPS) is 29.0. The Morgan fingerprint density at radius 2 is 1.06 bits per heavy atom. The molecular formula is C65H120N2O21. The standard InChI is InChI=1S/C65H120N2O21/c1-4-6-8-10-12-14-16-18-20-21-22-23-25-27-29-31-33-35-37-39-52(75)67-46(47(72)38-36-34-32-30-28-26-24-19-17-15-13-11-9-7-5-2)44-83-62-57(79)56(78)59(51(43-70)85-62)86-63-58(80)61(55(77)50(42-69)84-63)88-65(64(81)82)40-48(73)53(66-45(3)71)60(87-65)54(76)49(74)41-68/h21-22,46-51,53-63,68-70,72-74,76-80H,4-20,23-44H2,1-3H3,(H,66,71)(H,67,75)(H,81,82)/b22-21-. The number of aliphatic carboxylic acids is 1. The Morgan fingerprint density at radius 1 is 0.580 bits per heavy atom. The van der Waals surface area contributed by atoms with Gasteiger partial charge in [0.2, 0.25) is 11.8 Å². The van der Waals surface area contributed by atoms with Crippen LogP contribution < -0.4 is 10.6 Å². The van der Waals surface area contributed by atoms with Gasteiger partial charge in [0.05, 0.1) is 50.7 Å². The Hall–Kier alpha value is -2.53. The first-order chi connectivity index (χ1) is 42.4. The van der Waals surface area contributed by atoms with E-state index in [0.29, 0.717) is 19.3 Å². The van der Waals surface area contributed by atoms with Gasteiger partial charge in [-0.05, 0) is 38.5 Å². The predicted molar refractivity (Wildman–Crippen MR) is 329 cm³/mol. The van der Waals surface area contributed by atoms with Gasteiger partial charge in [-0.15, -0.1) is 0 Å². The summed E-state index contributed by atoms with van der Waals surface area (Å²) in [6, 6.07) is -2.53. The lowest BCUT2D eigenvalue weighted by Gasteiger charge is -2.50. The second-order valence-electron chi connectivity index (χ2n) is 25.0. The molecule has 23 heteroatoms. The van der Waals surface area contributed by atoms with E-state index in [1.54, 1.807) is 0 Å². The highest BCUT2D eigenvalue weighted by Gasteiger charge is 2.60. The van der Waals surface area contributed by atoms with Crippen molar-refractivity contribution in [3.8, 4) is 0 Å². The van der Waals surface area contributed by atoms with Crippen molar-refractivity contribution >= 4 is 17.8 Å². The van der Waals surface area contributed by atoms with Gasteiger partial charge in [0, 0.05) is 19.8 Å². The van der Waals surface area contributed by atoms with Crippen LogP contribution >= 0.6 is 0 Å². The molecule has 18 unspecified atom stereocenters. The molecule has 0 spiro atoms. The first kappa shape index (κ1) is 79.7. The highest BCUT2D eigenvalue weighted by atomic mass is 16.8. The van der Waals surface area contributed by atoms with E-state index < -0.39 is 148 Å². The molecule has 18 atom stereocenters. The van der Waals surface area contributed by atoms with Crippen molar-refractivity contribution in [1.29, 1.82) is 0 Å². The first-order valence-electron chi connectivity index (χ1n) is 34.0. The number of carbonyl (C=O) groups is 3. The molecule has 3 heterocycles. The summed E-state index contributed by atoms with van der Waals surface area (Å²) < 4.78 is 34.8. The minimum atomic E-state index is -3.08. The third-order valence-corrected chi connectivity index (χ3v) is 17.5. The molecule has 0 aromatic carbocycles. The van der Waals surface area contributed by atoms with Crippen LogP contribution in [0.3, 0.4) is 0 Å². The summed E-state index contributed by atoms with van der Waals surface area (Å²) in [6.45, 7) is 2.20. The lowest BCUT2D eigenvalue weighted by atomic mass is 9.88. The van der Waals surface area contributed by atoms with E-state index in [9.17, 15) is 75.7 Å². The number of carboxylic acid groups (broad SMARTS) is 1. The molecule has 0 bridgehead atoms. The molecule has 2 amide bonds. The van der Waals surface area contributed by atoms with Crippen LogP contribution in [0.15, 0.2) is 12.2 Å². The zero-order chi connectivity index (χ0) is 64.7. The molecule has 3 fully saturated rings. The summed E-state index contributed by atoms with van der Waals surface area (Å²) in [5.74, 6) is -6.10. The maximum atomic E-state index is 13.5. The van der Waals surface area contributed by atoms with Crippen molar-refractivity contribution < 1.29 is 104 Å². The number of ether oxygens (including phenoxy) is 6. The van der Waals surface area contributed by atoms with E-state index >= 15 is 0 Å². The number of rotatable bonds is 51. The Labute approximate surface area is 524 Å². The summed E-state index contributed by atoms with van der Waals surface area (Å²) in [7, 11) is 0. The summed E-state index contributed by atoms with van der Waals surface area (Å²) >= 11 is 0. The van der Waals surface area contributed by atoms with Crippen molar-refractivity contribution in [2.24, 2.45) is 0 Å².